The fourth-order valence-corrected chi connectivity index (χ4v) is 3.60. The number of aromatic amines is 1. The van der Waals surface area contributed by atoms with E-state index in [1.54, 1.807) is 11.1 Å². The van der Waals surface area contributed by atoms with Crippen LogP contribution in [0.1, 0.15) is 31.2 Å². The summed E-state index contributed by atoms with van der Waals surface area (Å²) in [6.07, 6.45) is 7.29. The van der Waals surface area contributed by atoms with E-state index in [1.807, 2.05) is 18.3 Å². The van der Waals surface area contributed by atoms with Gasteiger partial charge >= 0.3 is 0 Å². The molecule has 1 fully saturated rings. The molecule has 2 aromatic heterocycles. The molecule has 4 heterocycles. The molecule has 0 unspecified atom stereocenters. The molecule has 2 aromatic rings. The largest absolute Gasteiger partial charge is 0.346 e. The van der Waals surface area contributed by atoms with Gasteiger partial charge in [0.05, 0.1) is 0 Å². The third-order valence-electron chi connectivity index (χ3n) is 5.06. The number of rotatable bonds is 4. The third-order valence-corrected chi connectivity index (χ3v) is 5.06. The minimum Gasteiger partial charge on any atom is -0.346 e. The number of carbonyl (C=O) groups excluding carboxylic acids is 3. The monoisotopic (exact) mass is 352 g/mol. The summed E-state index contributed by atoms with van der Waals surface area (Å²) in [5.41, 5.74) is 3.20. The number of amides is 3. The van der Waals surface area contributed by atoms with Crippen LogP contribution in [0.4, 0.5) is 0 Å². The van der Waals surface area contributed by atoms with Gasteiger partial charge in [-0.2, -0.15) is 0 Å². The second-order valence-corrected chi connectivity index (χ2v) is 6.61. The number of aromatic nitrogens is 2. The van der Waals surface area contributed by atoms with Crippen molar-refractivity contribution in [1.29, 1.82) is 0 Å². The smallest absolute Gasteiger partial charge is 0.229 e. The number of nitrogens with zero attached hydrogens (tertiary/aromatic N) is 3. The molecule has 0 saturated carbocycles. The molecular weight excluding hydrogens is 332 g/mol. The summed E-state index contributed by atoms with van der Waals surface area (Å²) in [5.74, 6) is -0.360. The zero-order valence-electron chi connectivity index (χ0n) is 14.4. The summed E-state index contributed by atoms with van der Waals surface area (Å²) < 4.78 is 0. The summed E-state index contributed by atoms with van der Waals surface area (Å²) in [6, 6.07) is 3.95. The first kappa shape index (κ1) is 16.5. The van der Waals surface area contributed by atoms with E-state index in [2.05, 4.69) is 16.0 Å². The van der Waals surface area contributed by atoms with Gasteiger partial charge in [0.1, 0.15) is 5.65 Å². The Hall–Kier alpha value is -2.96. The first-order valence-corrected chi connectivity index (χ1v) is 8.86. The van der Waals surface area contributed by atoms with Crippen molar-refractivity contribution in [1.82, 2.24) is 19.8 Å². The Labute approximate surface area is 150 Å². The first-order valence-electron chi connectivity index (χ1n) is 8.86. The van der Waals surface area contributed by atoms with Gasteiger partial charge in [0, 0.05) is 62.2 Å². The number of nitrogens with one attached hydrogen (secondary N) is 1. The van der Waals surface area contributed by atoms with E-state index in [4.69, 9.17) is 0 Å². The number of likely N-dealkylation sites (tertiary alicyclic amines) is 1. The Morgan fingerprint density at radius 3 is 2.73 bits per heavy atom. The summed E-state index contributed by atoms with van der Waals surface area (Å²) in [6.45, 7) is 1.38. The number of carbonyl (C=O) groups is 3. The van der Waals surface area contributed by atoms with Crippen LogP contribution in [0.3, 0.4) is 0 Å². The zero-order valence-corrected chi connectivity index (χ0v) is 14.4. The molecule has 3 amide bonds. The normalized spacial score (nSPS) is 17.9. The molecular formula is C19H20N4O3. The highest BCUT2D eigenvalue weighted by Gasteiger charge is 2.29. The lowest BCUT2D eigenvalue weighted by Crippen LogP contribution is -2.38. The van der Waals surface area contributed by atoms with Crippen LogP contribution in [0, 0.1) is 0 Å². The Balaban J connectivity index is 1.38. The molecule has 7 heteroatoms. The second kappa shape index (κ2) is 6.74. The van der Waals surface area contributed by atoms with Gasteiger partial charge in [0.25, 0.3) is 0 Å². The molecule has 26 heavy (non-hydrogen) atoms. The minimum absolute atomic E-state index is 0.0200. The molecule has 7 nitrogen and oxygen atoms in total. The molecule has 0 aromatic carbocycles. The molecule has 0 aliphatic carbocycles. The number of imide groups is 1. The van der Waals surface area contributed by atoms with Crippen molar-refractivity contribution in [3.8, 4) is 0 Å². The number of hydrogen-bond acceptors (Lipinski definition) is 4. The SMILES string of the molecule is O=C(CCN1C(=O)CCC1=O)N1CC=C(c2c[nH]c3ncccc23)CC1. The summed E-state index contributed by atoms with van der Waals surface area (Å²) in [4.78, 5) is 46.1. The van der Waals surface area contributed by atoms with Crippen LogP contribution in [-0.2, 0) is 14.4 Å². The lowest BCUT2D eigenvalue weighted by Gasteiger charge is -2.27. The van der Waals surface area contributed by atoms with Crippen LogP contribution in [0.15, 0.2) is 30.6 Å². The quantitative estimate of drug-likeness (QED) is 0.849. The fraction of sp³-hybridized carbons (Fsp3) is 0.368. The fourth-order valence-electron chi connectivity index (χ4n) is 3.60. The average Bonchev–Trinajstić information content (AvgIpc) is 3.23. The highest BCUT2D eigenvalue weighted by molar-refractivity contribution is 6.02. The molecule has 4 rings (SSSR count). The van der Waals surface area contributed by atoms with Gasteiger partial charge in [-0.1, -0.05) is 6.08 Å². The first-order chi connectivity index (χ1) is 12.6. The summed E-state index contributed by atoms with van der Waals surface area (Å²) >= 11 is 0. The van der Waals surface area contributed by atoms with Crippen molar-refractivity contribution in [3.05, 3.63) is 36.2 Å². The summed E-state index contributed by atoms with van der Waals surface area (Å²) in [5, 5.41) is 1.09. The van der Waals surface area contributed by atoms with Crippen LogP contribution < -0.4 is 0 Å². The Kier molecular flexibility index (Phi) is 4.28. The van der Waals surface area contributed by atoms with Crippen molar-refractivity contribution >= 4 is 34.3 Å². The second-order valence-electron chi connectivity index (χ2n) is 6.61. The number of H-pyrrole nitrogens is 1. The molecule has 1 saturated heterocycles. The van der Waals surface area contributed by atoms with Crippen LogP contribution in [0.2, 0.25) is 0 Å². The van der Waals surface area contributed by atoms with E-state index in [9.17, 15) is 14.4 Å². The number of hydrogen-bond donors (Lipinski definition) is 1. The van der Waals surface area contributed by atoms with E-state index < -0.39 is 0 Å². The zero-order chi connectivity index (χ0) is 18.1. The molecule has 1 N–H and O–H groups in total. The highest BCUT2D eigenvalue weighted by Crippen LogP contribution is 2.28. The summed E-state index contributed by atoms with van der Waals surface area (Å²) in [7, 11) is 0. The lowest BCUT2D eigenvalue weighted by atomic mass is 9.99. The van der Waals surface area contributed by atoms with Gasteiger partial charge in [-0.05, 0) is 24.1 Å². The average molecular weight is 352 g/mol. The van der Waals surface area contributed by atoms with Crippen LogP contribution in [-0.4, -0.2) is 57.1 Å². The molecule has 2 aliphatic rings. The van der Waals surface area contributed by atoms with Crippen molar-refractivity contribution in [2.75, 3.05) is 19.6 Å². The van der Waals surface area contributed by atoms with Gasteiger partial charge in [0.15, 0.2) is 0 Å². The van der Waals surface area contributed by atoms with Crippen LogP contribution in [0.25, 0.3) is 16.6 Å². The number of pyridine rings is 1. The topological polar surface area (TPSA) is 86.4 Å². The highest BCUT2D eigenvalue weighted by atomic mass is 16.2. The van der Waals surface area contributed by atoms with Gasteiger partial charge in [-0.15, -0.1) is 0 Å². The maximum Gasteiger partial charge on any atom is 0.229 e. The van der Waals surface area contributed by atoms with Crippen molar-refractivity contribution in [2.24, 2.45) is 0 Å². The molecule has 0 spiro atoms. The van der Waals surface area contributed by atoms with Gasteiger partial charge in [0.2, 0.25) is 17.7 Å². The predicted molar refractivity (Wildman–Crippen MR) is 95.8 cm³/mol. The van der Waals surface area contributed by atoms with Gasteiger partial charge in [-0.25, -0.2) is 4.98 Å². The van der Waals surface area contributed by atoms with Crippen LogP contribution >= 0.6 is 0 Å². The van der Waals surface area contributed by atoms with Crippen molar-refractivity contribution < 1.29 is 14.4 Å². The van der Waals surface area contributed by atoms with Crippen molar-refractivity contribution in [3.63, 3.8) is 0 Å². The van der Waals surface area contributed by atoms with E-state index in [1.165, 1.54) is 10.5 Å². The number of fused-ring (bicyclic) bond motifs is 1. The molecule has 2 aliphatic heterocycles. The third kappa shape index (κ3) is 3.00. The Morgan fingerprint density at radius 1 is 1.19 bits per heavy atom. The maximum absolute atomic E-state index is 12.4. The molecule has 0 radical (unpaired) electrons. The molecule has 0 atom stereocenters. The molecule has 0 bridgehead atoms. The van der Waals surface area contributed by atoms with Gasteiger partial charge in [-0.3, -0.25) is 19.3 Å². The Morgan fingerprint density at radius 2 is 2.00 bits per heavy atom. The minimum atomic E-state index is -0.170. The lowest BCUT2D eigenvalue weighted by molar-refractivity contribution is -0.139. The standard InChI is InChI=1S/C19H20N4O3/c24-16(7-11-23-17(25)3-4-18(23)26)22-9-5-13(6-10-22)15-12-21-19-14(15)2-1-8-20-19/h1-2,5,8,12H,3-4,6-7,9-11H2,(H,20,21). The Bertz CT molecular complexity index is 898. The van der Waals surface area contributed by atoms with E-state index in [0.717, 1.165) is 23.0 Å². The van der Waals surface area contributed by atoms with E-state index in [0.29, 0.717) is 13.1 Å². The van der Waals surface area contributed by atoms with Crippen molar-refractivity contribution in [2.45, 2.75) is 25.7 Å². The van der Waals surface area contributed by atoms with Gasteiger partial charge < -0.3 is 9.88 Å². The molecule has 134 valence electrons. The predicted octanol–water partition coefficient (Wildman–Crippen LogP) is 1.72. The van der Waals surface area contributed by atoms with E-state index in [-0.39, 0.29) is 43.5 Å². The maximum atomic E-state index is 12.4. The van der Waals surface area contributed by atoms with E-state index >= 15 is 0 Å². The van der Waals surface area contributed by atoms with Crippen LogP contribution in [0.5, 0.6) is 0 Å².